The zero-order valence-electron chi connectivity index (χ0n) is 16.8. The number of hydrogen-bond donors (Lipinski definition) is 0. The lowest BCUT2D eigenvalue weighted by Gasteiger charge is -2.28. The fourth-order valence-electron chi connectivity index (χ4n) is 3.20. The second-order valence-corrected chi connectivity index (χ2v) is 12.9. The van der Waals surface area contributed by atoms with Crippen molar-refractivity contribution in [1.29, 1.82) is 0 Å². The van der Waals surface area contributed by atoms with Gasteiger partial charge in [-0.1, -0.05) is 75.2 Å². The number of ether oxygens (including phenoxy) is 2. The topological polar surface area (TPSA) is 52.6 Å². The summed E-state index contributed by atoms with van der Waals surface area (Å²) in [4.78, 5) is 24.4. The van der Waals surface area contributed by atoms with Crippen LogP contribution in [-0.4, -0.2) is 26.1 Å². The summed E-state index contributed by atoms with van der Waals surface area (Å²) in [6.45, 7) is 7.81. The van der Waals surface area contributed by atoms with Gasteiger partial charge in [-0.15, -0.1) is 5.54 Å². The Morgan fingerprint density at radius 3 is 2.22 bits per heavy atom. The predicted octanol–water partition coefficient (Wildman–Crippen LogP) is 4.66. The van der Waals surface area contributed by atoms with Crippen molar-refractivity contribution in [3.05, 3.63) is 35.9 Å². The van der Waals surface area contributed by atoms with Crippen molar-refractivity contribution in [3.63, 3.8) is 0 Å². The zero-order valence-corrected chi connectivity index (χ0v) is 17.8. The fourth-order valence-corrected chi connectivity index (χ4v) is 3.78. The van der Waals surface area contributed by atoms with Gasteiger partial charge in [0.05, 0.1) is 0 Å². The largest absolute Gasteiger partial charge is 0.446 e. The van der Waals surface area contributed by atoms with Crippen LogP contribution in [0.2, 0.25) is 19.6 Å². The van der Waals surface area contributed by atoms with E-state index in [1.165, 1.54) is 13.3 Å². The summed E-state index contributed by atoms with van der Waals surface area (Å²) in [5, 5.41) is 0. The Balaban J connectivity index is 2.22. The standard InChI is InChI=1S/C22H30O4Si/c1-17(23)25-21(19-13-9-6-10-14-19)22(24)26-20(15-16-27(2,3)4)18-11-7-5-8-12-18/h6,9-10,13-14,18,20-21H,5,7-8,11-12H2,1-4H3/t20-,21-/m1/s1. The van der Waals surface area contributed by atoms with Gasteiger partial charge in [0.2, 0.25) is 6.10 Å². The van der Waals surface area contributed by atoms with Gasteiger partial charge in [0.15, 0.2) is 6.10 Å². The average molecular weight is 387 g/mol. The lowest BCUT2D eigenvalue weighted by atomic mass is 9.85. The van der Waals surface area contributed by atoms with Crippen molar-refractivity contribution in [2.24, 2.45) is 5.92 Å². The first kappa shape index (κ1) is 21.2. The lowest BCUT2D eigenvalue weighted by Crippen LogP contribution is -2.32. The van der Waals surface area contributed by atoms with Crippen molar-refractivity contribution < 1.29 is 19.1 Å². The third kappa shape index (κ3) is 7.22. The first-order chi connectivity index (χ1) is 12.8. The van der Waals surface area contributed by atoms with Gasteiger partial charge < -0.3 is 9.47 Å². The molecule has 0 radical (unpaired) electrons. The van der Waals surface area contributed by atoms with E-state index in [0.717, 1.165) is 25.7 Å². The minimum absolute atomic E-state index is 0.250. The molecule has 0 N–H and O–H groups in total. The number of benzene rings is 1. The molecule has 1 aromatic rings. The number of carbonyl (C=O) groups is 2. The van der Waals surface area contributed by atoms with Crippen LogP contribution in [0.3, 0.4) is 0 Å². The van der Waals surface area contributed by atoms with Crippen molar-refractivity contribution in [3.8, 4) is 11.5 Å². The summed E-state index contributed by atoms with van der Waals surface area (Å²) in [6.07, 6.45) is 4.04. The molecule has 0 aliphatic heterocycles. The molecule has 2 atom stereocenters. The molecule has 4 nitrogen and oxygen atoms in total. The molecule has 0 aromatic heterocycles. The fraction of sp³-hybridized carbons (Fsp3) is 0.545. The van der Waals surface area contributed by atoms with Crippen molar-refractivity contribution in [2.75, 3.05) is 0 Å². The maximum atomic E-state index is 12.9. The molecule has 0 unspecified atom stereocenters. The second-order valence-electron chi connectivity index (χ2n) is 8.18. The normalized spacial score (nSPS) is 17.2. The third-order valence-corrected chi connectivity index (χ3v) is 5.41. The first-order valence-corrected chi connectivity index (χ1v) is 13.2. The zero-order chi connectivity index (χ0) is 19.9. The summed E-state index contributed by atoms with van der Waals surface area (Å²) in [5.41, 5.74) is 3.96. The smallest absolute Gasteiger partial charge is 0.353 e. The van der Waals surface area contributed by atoms with Crippen molar-refractivity contribution in [1.82, 2.24) is 0 Å². The molecule has 1 aromatic carbocycles. The Morgan fingerprint density at radius 2 is 1.67 bits per heavy atom. The molecule has 1 saturated carbocycles. The molecule has 0 saturated heterocycles. The molecule has 1 aliphatic carbocycles. The summed E-state index contributed by atoms with van der Waals surface area (Å²) in [6, 6.07) is 8.99. The van der Waals surface area contributed by atoms with E-state index in [0.29, 0.717) is 5.56 Å². The Hall–Kier alpha value is -2.06. The van der Waals surface area contributed by atoms with Gasteiger partial charge in [-0.2, -0.15) is 0 Å². The molecule has 5 heteroatoms. The highest BCUT2D eigenvalue weighted by Gasteiger charge is 2.31. The van der Waals surface area contributed by atoms with E-state index in [1.807, 2.05) is 18.2 Å². The van der Waals surface area contributed by atoms with Gasteiger partial charge >= 0.3 is 11.9 Å². The molecule has 146 valence electrons. The Labute approximate surface area is 163 Å². The van der Waals surface area contributed by atoms with Crippen LogP contribution in [0.4, 0.5) is 0 Å². The summed E-state index contributed by atoms with van der Waals surface area (Å²) in [5.74, 6) is 2.44. The van der Waals surface area contributed by atoms with Crippen LogP contribution >= 0.6 is 0 Å². The van der Waals surface area contributed by atoms with E-state index in [9.17, 15) is 9.59 Å². The van der Waals surface area contributed by atoms with Crippen molar-refractivity contribution in [2.45, 2.75) is 70.9 Å². The molecule has 0 bridgehead atoms. The number of esters is 2. The monoisotopic (exact) mass is 386 g/mol. The van der Waals surface area contributed by atoms with E-state index in [4.69, 9.17) is 9.47 Å². The van der Waals surface area contributed by atoms with Crippen LogP contribution in [0.1, 0.15) is 50.7 Å². The van der Waals surface area contributed by atoms with E-state index >= 15 is 0 Å². The second kappa shape index (κ2) is 9.75. The highest BCUT2D eigenvalue weighted by Crippen LogP contribution is 2.29. The number of rotatable bonds is 5. The summed E-state index contributed by atoms with van der Waals surface area (Å²) < 4.78 is 11.1. The highest BCUT2D eigenvalue weighted by molar-refractivity contribution is 6.83. The van der Waals surface area contributed by atoms with E-state index in [-0.39, 0.29) is 5.92 Å². The molecule has 1 fully saturated rings. The molecule has 27 heavy (non-hydrogen) atoms. The molecular weight excluding hydrogens is 356 g/mol. The quantitative estimate of drug-likeness (QED) is 0.419. The van der Waals surface area contributed by atoms with E-state index in [1.54, 1.807) is 12.1 Å². The minimum atomic E-state index is -1.59. The lowest BCUT2D eigenvalue weighted by molar-refractivity contribution is -0.171. The van der Waals surface area contributed by atoms with Crippen LogP contribution in [0.5, 0.6) is 0 Å². The number of hydrogen-bond acceptors (Lipinski definition) is 4. The summed E-state index contributed by atoms with van der Waals surface area (Å²) in [7, 11) is -1.59. The molecule has 1 aliphatic rings. The van der Waals surface area contributed by atoms with Crippen LogP contribution < -0.4 is 0 Å². The van der Waals surface area contributed by atoms with Crippen LogP contribution in [-0.2, 0) is 19.1 Å². The Morgan fingerprint density at radius 1 is 1.04 bits per heavy atom. The van der Waals surface area contributed by atoms with Crippen molar-refractivity contribution >= 4 is 20.0 Å². The minimum Gasteiger partial charge on any atom is -0.446 e. The SMILES string of the molecule is CC(=O)O[C@@H](C(=O)O[C@H](C#C[Si](C)(C)C)C1CCCCC1)c1ccccc1. The Kier molecular flexibility index (Phi) is 7.67. The highest BCUT2D eigenvalue weighted by atomic mass is 28.3. The maximum absolute atomic E-state index is 12.9. The molecule has 2 rings (SSSR count). The van der Waals surface area contributed by atoms with Crippen LogP contribution in [0.15, 0.2) is 30.3 Å². The van der Waals surface area contributed by atoms with Gasteiger partial charge in [0.25, 0.3) is 0 Å². The number of carbonyl (C=O) groups excluding carboxylic acids is 2. The summed E-state index contributed by atoms with van der Waals surface area (Å²) >= 11 is 0. The third-order valence-electron chi connectivity index (χ3n) is 4.51. The first-order valence-electron chi connectivity index (χ1n) is 9.71. The molecule has 0 heterocycles. The predicted molar refractivity (Wildman–Crippen MR) is 109 cm³/mol. The Bertz CT molecular complexity index is 691. The molecular formula is C22H30O4Si. The van der Waals surface area contributed by atoms with Crippen LogP contribution in [0, 0.1) is 17.4 Å². The molecule has 0 spiro atoms. The van der Waals surface area contributed by atoms with Gasteiger partial charge in [0.1, 0.15) is 8.07 Å². The van der Waals surface area contributed by atoms with Crippen LogP contribution in [0.25, 0.3) is 0 Å². The average Bonchev–Trinajstić information content (AvgIpc) is 2.63. The van der Waals surface area contributed by atoms with E-state index < -0.39 is 32.2 Å². The van der Waals surface area contributed by atoms with E-state index in [2.05, 4.69) is 31.1 Å². The van der Waals surface area contributed by atoms with Gasteiger partial charge in [-0.3, -0.25) is 4.79 Å². The van der Waals surface area contributed by atoms with Gasteiger partial charge in [-0.25, -0.2) is 4.79 Å². The van der Waals surface area contributed by atoms with Gasteiger partial charge in [-0.05, 0) is 12.8 Å². The molecule has 0 amide bonds. The van der Waals surface area contributed by atoms with Gasteiger partial charge in [0, 0.05) is 18.4 Å². The maximum Gasteiger partial charge on any atom is 0.353 e.